The van der Waals surface area contributed by atoms with Crippen molar-refractivity contribution >= 4 is 79.4 Å². The van der Waals surface area contributed by atoms with Crippen LogP contribution in [-0.2, 0) is 17.8 Å². The van der Waals surface area contributed by atoms with Crippen LogP contribution in [0.25, 0.3) is 21.8 Å². The lowest BCUT2D eigenvalue weighted by molar-refractivity contribution is -0.117. The van der Waals surface area contributed by atoms with Gasteiger partial charge in [-0.1, -0.05) is 43.3 Å². The minimum absolute atomic E-state index is 0.248. The van der Waals surface area contributed by atoms with E-state index in [9.17, 15) is 14.7 Å². The molecule has 1 atom stereocenters. The van der Waals surface area contributed by atoms with Crippen molar-refractivity contribution in [2.24, 2.45) is 0 Å². The highest BCUT2D eigenvalue weighted by atomic mass is 32.1. The third kappa shape index (κ3) is 9.12. The van der Waals surface area contributed by atoms with Gasteiger partial charge in [-0.05, 0) is 67.5 Å². The fourth-order valence-corrected chi connectivity index (χ4v) is 7.51. The maximum atomic E-state index is 13.9. The number of methoxy groups -OCH3 is 3. The molecule has 0 aliphatic carbocycles. The van der Waals surface area contributed by atoms with Gasteiger partial charge in [0.2, 0.25) is 11.8 Å². The van der Waals surface area contributed by atoms with Gasteiger partial charge < -0.3 is 50.4 Å². The number of amides is 2. The second kappa shape index (κ2) is 18.5. The van der Waals surface area contributed by atoms with Gasteiger partial charge in [0, 0.05) is 72.2 Å². The van der Waals surface area contributed by atoms with Crippen LogP contribution in [0.2, 0.25) is 0 Å². The number of fused-ring (bicyclic) bond motifs is 2. The lowest BCUT2D eigenvalue weighted by Gasteiger charge is -2.37. The van der Waals surface area contributed by atoms with Gasteiger partial charge in [-0.2, -0.15) is 0 Å². The maximum absolute atomic E-state index is 13.9. The van der Waals surface area contributed by atoms with E-state index in [1.807, 2.05) is 79.7 Å². The fourth-order valence-electron chi connectivity index (χ4n) is 7.22. The number of para-hydroxylation sites is 2. The molecule has 6 aromatic rings. The number of carbonyl (C=O) groups is 2. The average molecular weight is 829 g/mol. The molecule has 1 fully saturated rings. The number of anilines is 5. The van der Waals surface area contributed by atoms with Crippen molar-refractivity contribution in [3.8, 4) is 17.4 Å². The molecule has 310 valence electrons. The molecule has 14 nitrogen and oxygen atoms in total. The Balaban J connectivity index is 1.03. The van der Waals surface area contributed by atoms with Gasteiger partial charge in [-0.15, -0.1) is 0 Å². The highest BCUT2D eigenvalue weighted by molar-refractivity contribution is 7.80. The maximum Gasteiger partial charge on any atom is 0.253 e. The minimum Gasteiger partial charge on any atom is -0.497 e. The molecule has 0 radical (unpaired) electrons. The number of aliphatic hydroxyl groups is 1. The van der Waals surface area contributed by atoms with Crippen LogP contribution in [0, 0.1) is 0 Å². The number of hydrogen-bond acceptors (Lipinski definition) is 11. The van der Waals surface area contributed by atoms with Gasteiger partial charge in [0.15, 0.2) is 5.11 Å². The van der Waals surface area contributed by atoms with Gasteiger partial charge in [0.25, 0.3) is 5.91 Å². The third-order valence-corrected chi connectivity index (χ3v) is 10.8. The number of aryl methyl sites for hydroxylation is 1. The molecule has 2 aromatic heterocycles. The van der Waals surface area contributed by atoms with Crippen LogP contribution in [0.4, 0.5) is 28.4 Å². The van der Waals surface area contributed by atoms with Crippen LogP contribution in [0.3, 0.4) is 0 Å². The van der Waals surface area contributed by atoms with Gasteiger partial charge in [0.05, 0.1) is 55.9 Å². The molecule has 7 rings (SSSR count). The number of piperazine rings is 1. The van der Waals surface area contributed by atoms with Crippen molar-refractivity contribution in [3.05, 3.63) is 108 Å². The van der Waals surface area contributed by atoms with Crippen molar-refractivity contribution < 1.29 is 28.9 Å². The number of thiocarbonyl (C=S) groups is 1. The first-order valence-corrected chi connectivity index (χ1v) is 20.0. The van der Waals surface area contributed by atoms with E-state index in [2.05, 4.69) is 36.1 Å². The van der Waals surface area contributed by atoms with E-state index in [1.165, 1.54) is 7.11 Å². The standard InChI is InChI=1S/C45H48N8O6S/c1-6-37-36(25-40(44(50-37)59-5)51-45(60)53-17-15-52(16-18-53)31-22-32(57-3)24-33(23-31)58-4)43(56)46-27(2)42(55)48-30-20-28(26-54)19-29(21-30)47-41-34-11-7-9-13-38(34)49-39-14-10-8-12-35(39)41/h7-14,19-25,27,54H,6,15-18,26H2,1-5H3,(H,46,56)(H,47,49)(H,48,55)(H,51,60). The number of aromatic nitrogens is 2. The molecule has 4 aromatic carbocycles. The van der Waals surface area contributed by atoms with E-state index in [4.69, 9.17) is 31.4 Å². The molecule has 1 saturated heterocycles. The first kappa shape index (κ1) is 41.4. The predicted molar refractivity (Wildman–Crippen MR) is 240 cm³/mol. The molecule has 0 saturated carbocycles. The zero-order valence-corrected chi connectivity index (χ0v) is 35.0. The number of ether oxygens (including phenoxy) is 3. The van der Waals surface area contributed by atoms with E-state index < -0.39 is 17.9 Å². The summed E-state index contributed by atoms with van der Waals surface area (Å²) in [5.74, 6) is 0.792. The van der Waals surface area contributed by atoms with Crippen LogP contribution in [0.15, 0.2) is 91.0 Å². The summed E-state index contributed by atoms with van der Waals surface area (Å²) < 4.78 is 16.5. The predicted octanol–water partition coefficient (Wildman–Crippen LogP) is 6.88. The second-order valence-electron chi connectivity index (χ2n) is 14.3. The number of carbonyl (C=O) groups excluding carboxylic acids is 2. The van der Waals surface area contributed by atoms with Crippen LogP contribution in [0.5, 0.6) is 17.4 Å². The van der Waals surface area contributed by atoms with Gasteiger partial charge in [0.1, 0.15) is 23.2 Å². The minimum atomic E-state index is -0.940. The molecule has 1 unspecified atom stereocenters. The molecule has 60 heavy (non-hydrogen) atoms. The van der Waals surface area contributed by atoms with Crippen LogP contribution in [-0.4, -0.2) is 90.5 Å². The summed E-state index contributed by atoms with van der Waals surface area (Å²) in [6.07, 6.45) is 0.438. The normalized spacial score (nSPS) is 13.1. The zero-order chi connectivity index (χ0) is 42.3. The van der Waals surface area contributed by atoms with Crippen molar-refractivity contribution in [2.75, 3.05) is 68.4 Å². The zero-order valence-electron chi connectivity index (χ0n) is 34.2. The number of benzene rings is 4. The molecule has 5 N–H and O–H groups in total. The Hall–Kier alpha value is -6.71. The summed E-state index contributed by atoms with van der Waals surface area (Å²) in [6, 6.07) is 27.5. The van der Waals surface area contributed by atoms with Crippen molar-refractivity contribution in [3.63, 3.8) is 0 Å². The largest absolute Gasteiger partial charge is 0.497 e. The fraction of sp³-hybridized carbons (Fsp3) is 0.267. The average Bonchev–Trinajstić information content (AvgIpc) is 3.28. The Morgan fingerprint density at radius 3 is 2.03 bits per heavy atom. The number of aliphatic hydroxyl groups excluding tert-OH is 1. The topological polar surface area (TPSA) is 162 Å². The SMILES string of the molecule is CCc1nc(OC)c(NC(=S)N2CCN(c3cc(OC)cc(OC)c3)CC2)cc1C(=O)NC(C)C(=O)Nc1cc(CO)cc(Nc2c3ccccc3nc3ccccc23)c1. The van der Waals surface area contributed by atoms with Crippen molar-refractivity contribution in [1.82, 2.24) is 20.2 Å². The molecule has 3 heterocycles. The Labute approximate surface area is 353 Å². The summed E-state index contributed by atoms with van der Waals surface area (Å²) >= 11 is 5.84. The second-order valence-corrected chi connectivity index (χ2v) is 14.7. The summed E-state index contributed by atoms with van der Waals surface area (Å²) in [6.45, 7) is 5.95. The Kier molecular flexibility index (Phi) is 12.8. The molecule has 0 spiro atoms. The summed E-state index contributed by atoms with van der Waals surface area (Å²) in [5, 5.41) is 25.0. The summed E-state index contributed by atoms with van der Waals surface area (Å²) in [4.78, 5) is 41.2. The lowest BCUT2D eigenvalue weighted by Crippen LogP contribution is -2.50. The van der Waals surface area contributed by atoms with E-state index in [0.717, 1.165) is 33.2 Å². The quantitative estimate of drug-likeness (QED) is 0.0606. The molecule has 1 aliphatic rings. The Morgan fingerprint density at radius 2 is 1.43 bits per heavy atom. The smallest absolute Gasteiger partial charge is 0.253 e. The monoisotopic (exact) mass is 828 g/mol. The van der Waals surface area contributed by atoms with Gasteiger partial charge in [-0.25, -0.2) is 9.97 Å². The summed E-state index contributed by atoms with van der Waals surface area (Å²) in [7, 11) is 4.77. The third-order valence-electron chi connectivity index (χ3n) is 10.4. The lowest BCUT2D eigenvalue weighted by atomic mass is 10.1. The molecule has 15 heteroatoms. The van der Waals surface area contributed by atoms with Gasteiger partial charge in [-0.3, -0.25) is 9.59 Å². The molecular formula is C45H48N8O6S. The summed E-state index contributed by atoms with van der Waals surface area (Å²) in [5.41, 5.74) is 6.41. The van der Waals surface area contributed by atoms with E-state index in [0.29, 0.717) is 83.4 Å². The highest BCUT2D eigenvalue weighted by Crippen LogP contribution is 2.35. The molecular weight excluding hydrogens is 781 g/mol. The number of hydrogen-bond donors (Lipinski definition) is 5. The highest BCUT2D eigenvalue weighted by Gasteiger charge is 2.25. The van der Waals surface area contributed by atoms with Gasteiger partial charge >= 0.3 is 0 Å². The Bertz CT molecular complexity index is 2490. The number of nitrogens with zero attached hydrogens (tertiary/aromatic N) is 4. The number of rotatable bonds is 13. The number of nitrogens with one attached hydrogen (secondary N) is 4. The first-order chi connectivity index (χ1) is 29.1. The first-order valence-electron chi connectivity index (χ1n) is 19.6. The number of pyridine rings is 2. The van der Waals surface area contributed by atoms with Crippen LogP contribution in [0.1, 0.15) is 35.5 Å². The Morgan fingerprint density at radius 1 is 0.800 bits per heavy atom. The molecule has 2 amide bonds. The van der Waals surface area contributed by atoms with E-state index >= 15 is 0 Å². The van der Waals surface area contributed by atoms with E-state index in [-0.39, 0.29) is 12.2 Å². The van der Waals surface area contributed by atoms with Crippen LogP contribution >= 0.6 is 12.2 Å². The van der Waals surface area contributed by atoms with E-state index in [1.54, 1.807) is 39.3 Å². The van der Waals surface area contributed by atoms with Crippen molar-refractivity contribution in [1.29, 1.82) is 0 Å². The molecule has 0 bridgehead atoms. The van der Waals surface area contributed by atoms with Crippen LogP contribution < -0.4 is 40.4 Å². The van der Waals surface area contributed by atoms with Crippen molar-refractivity contribution in [2.45, 2.75) is 32.9 Å². The molecule has 1 aliphatic heterocycles.